The van der Waals surface area contributed by atoms with Gasteiger partial charge in [0.2, 0.25) is 0 Å². The van der Waals surface area contributed by atoms with Gasteiger partial charge in [-0.25, -0.2) is 5.01 Å². The second-order valence-corrected chi connectivity index (χ2v) is 19.6. The number of hydrazone groups is 1. The Hall–Kier alpha value is -2.26. The standard InChI is InChI=1S/C43H46Cl2N3PS.Ru/c44-39-28-29-43(45,49(35-23-12-4-13-24-35)36-25-14-5-15-26-36)40(38(39)31-37-27-16-30-50-37)42-47(33-19-8-2-9-20-33)41(32-17-6-1-7-18-32)46-48(42)34-21-10-3-11-22-34;/h1-3,6-11,16-22,27,30-31,35-36,39H,4-5,12-15,23-26,28-29H2;/q;+2. The van der Waals surface area contributed by atoms with Crippen LogP contribution in [-0.4, -0.2) is 27.1 Å². The van der Waals surface area contributed by atoms with E-state index < -0.39 is 12.5 Å². The number of alkyl halides is 2. The molecule has 3 nitrogen and oxygen atoms in total. The zero-order chi connectivity index (χ0) is 33.9. The van der Waals surface area contributed by atoms with Crippen LogP contribution in [-0.2, 0) is 19.5 Å². The van der Waals surface area contributed by atoms with Crippen LogP contribution < -0.4 is 9.91 Å². The van der Waals surface area contributed by atoms with Gasteiger partial charge >= 0.3 is 19.5 Å². The van der Waals surface area contributed by atoms with Crippen molar-refractivity contribution in [1.82, 2.24) is 0 Å². The number of nitrogens with zero attached hydrogens (tertiary/aromatic N) is 3. The number of allylic oxidation sites excluding steroid dienone is 2. The Morgan fingerprint density at radius 2 is 1.27 bits per heavy atom. The monoisotopic (exact) mass is 839 g/mol. The molecule has 264 valence electrons. The number of para-hydroxylation sites is 2. The van der Waals surface area contributed by atoms with Crippen LogP contribution in [0, 0.1) is 0 Å². The van der Waals surface area contributed by atoms with E-state index in [1.807, 2.05) is 0 Å². The Morgan fingerprint density at radius 1 is 0.706 bits per heavy atom. The van der Waals surface area contributed by atoms with E-state index in [9.17, 15) is 0 Å². The largest absolute Gasteiger partial charge is 2.00 e. The molecular formula is C43H46Cl2N3PRuS+2. The maximum atomic E-state index is 8.72. The van der Waals surface area contributed by atoms with Crippen LogP contribution in [0.2, 0.25) is 0 Å². The number of amidine groups is 1. The van der Waals surface area contributed by atoms with Crippen LogP contribution in [0.25, 0.3) is 6.08 Å². The summed E-state index contributed by atoms with van der Waals surface area (Å²) in [5.41, 5.74) is 6.85. The molecule has 4 aliphatic rings. The van der Waals surface area contributed by atoms with Gasteiger partial charge in [0.25, 0.3) is 0 Å². The summed E-state index contributed by atoms with van der Waals surface area (Å²) in [4.78, 5) is 3.60. The normalized spacial score (nSPS) is 25.7. The van der Waals surface area contributed by atoms with E-state index in [1.165, 1.54) is 74.7 Å². The number of thiophene rings is 1. The van der Waals surface area contributed by atoms with Crippen molar-refractivity contribution in [3.63, 3.8) is 0 Å². The Labute approximate surface area is 332 Å². The first-order valence-corrected chi connectivity index (χ1v) is 21.8. The fourth-order valence-electron chi connectivity index (χ4n) is 8.76. The molecule has 51 heavy (non-hydrogen) atoms. The summed E-state index contributed by atoms with van der Waals surface area (Å²) in [7, 11) is -0.599. The second kappa shape index (κ2) is 16.8. The minimum Gasteiger partial charge on any atom is -0.277 e. The van der Waals surface area contributed by atoms with E-state index in [0.29, 0.717) is 11.3 Å². The van der Waals surface area contributed by atoms with Gasteiger partial charge in [0, 0.05) is 21.7 Å². The van der Waals surface area contributed by atoms with Crippen molar-refractivity contribution in [3.05, 3.63) is 136 Å². The number of hydrogen-bond donors (Lipinski definition) is 0. The van der Waals surface area contributed by atoms with Crippen molar-refractivity contribution in [2.45, 2.75) is 98.4 Å². The van der Waals surface area contributed by atoms with Crippen LogP contribution >= 0.6 is 42.5 Å². The van der Waals surface area contributed by atoms with Crippen LogP contribution in [0.1, 0.15) is 87.5 Å². The van der Waals surface area contributed by atoms with Gasteiger partial charge in [0.05, 0.1) is 15.7 Å². The first-order valence-electron chi connectivity index (χ1n) is 18.6. The Kier molecular flexibility index (Phi) is 12.2. The van der Waals surface area contributed by atoms with E-state index in [2.05, 4.69) is 124 Å². The van der Waals surface area contributed by atoms with Gasteiger partial charge in [-0.15, -0.1) is 39.6 Å². The smallest absolute Gasteiger partial charge is 0.277 e. The minimum absolute atomic E-state index is 0. The third kappa shape index (κ3) is 7.59. The molecule has 2 unspecified atom stereocenters. The molecular weight excluding hydrogens is 794 g/mol. The SMILES string of the molecule is ClC1CCC(Cl)(P(C2CCCCC2)C2CCCCC2)C(=C2N(c3ccccc3)N=C(c3ccccc3)N2c2ccccc2)C1=Cc1cccs1.[Ru+2]. The van der Waals surface area contributed by atoms with Gasteiger partial charge in [-0.3, -0.25) is 4.90 Å². The summed E-state index contributed by atoms with van der Waals surface area (Å²) >= 11 is 18.1. The first-order chi connectivity index (χ1) is 24.6. The van der Waals surface area contributed by atoms with Gasteiger partial charge in [-0.1, -0.05) is 119 Å². The molecule has 8 rings (SSSR count). The van der Waals surface area contributed by atoms with Crippen LogP contribution in [0.15, 0.2) is 131 Å². The molecule has 1 aromatic heterocycles. The van der Waals surface area contributed by atoms with Crippen molar-refractivity contribution < 1.29 is 19.5 Å². The number of benzene rings is 3. The molecule has 0 spiro atoms. The van der Waals surface area contributed by atoms with Crippen molar-refractivity contribution in [2.24, 2.45) is 5.10 Å². The number of hydrogen-bond acceptors (Lipinski definition) is 4. The summed E-state index contributed by atoms with van der Waals surface area (Å²) in [6.07, 6.45) is 17.3. The third-order valence-electron chi connectivity index (χ3n) is 11.0. The quantitative estimate of drug-likeness (QED) is 0.105. The zero-order valence-electron chi connectivity index (χ0n) is 29.0. The molecule has 0 N–H and O–H groups in total. The van der Waals surface area contributed by atoms with E-state index in [4.69, 9.17) is 28.3 Å². The maximum absolute atomic E-state index is 8.72. The molecule has 3 saturated carbocycles. The van der Waals surface area contributed by atoms with Gasteiger partial charge in [0.15, 0.2) is 5.84 Å². The molecule has 0 radical (unpaired) electrons. The molecule has 8 heteroatoms. The number of rotatable bonds is 7. The van der Waals surface area contributed by atoms with E-state index in [0.717, 1.165) is 47.0 Å². The van der Waals surface area contributed by atoms with Crippen molar-refractivity contribution >= 4 is 65.7 Å². The topological polar surface area (TPSA) is 18.8 Å². The first kappa shape index (κ1) is 37.1. The number of anilines is 2. The minimum atomic E-state index is -0.599. The Morgan fingerprint density at radius 3 is 1.84 bits per heavy atom. The molecule has 2 atom stereocenters. The molecule has 3 aliphatic carbocycles. The third-order valence-corrected chi connectivity index (χ3v) is 17.1. The molecule has 0 amide bonds. The van der Waals surface area contributed by atoms with E-state index in [-0.39, 0.29) is 24.9 Å². The van der Waals surface area contributed by atoms with Gasteiger partial charge in [0.1, 0.15) is 5.82 Å². The molecule has 2 heterocycles. The Balaban J connectivity index is 0.00000406. The van der Waals surface area contributed by atoms with E-state index in [1.54, 1.807) is 11.3 Å². The fourth-order valence-corrected chi connectivity index (χ4v) is 15.3. The van der Waals surface area contributed by atoms with Crippen molar-refractivity contribution in [2.75, 3.05) is 9.91 Å². The molecule has 0 bridgehead atoms. The molecule has 0 saturated heterocycles. The molecule has 4 aromatic rings. The summed E-state index contributed by atoms with van der Waals surface area (Å²) in [6, 6.07) is 36.4. The van der Waals surface area contributed by atoms with E-state index >= 15 is 0 Å². The fraction of sp³-hybridized carbons (Fsp3) is 0.372. The predicted octanol–water partition coefficient (Wildman–Crippen LogP) is 13.2. The maximum Gasteiger partial charge on any atom is 2.00 e. The van der Waals surface area contributed by atoms with Crippen LogP contribution in [0.4, 0.5) is 11.4 Å². The predicted molar refractivity (Wildman–Crippen MR) is 218 cm³/mol. The average molecular weight is 840 g/mol. The molecule has 3 aromatic carbocycles. The number of halogens is 2. The average Bonchev–Trinajstić information content (AvgIpc) is 3.84. The second-order valence-electron chi connectivity index (χ2n) is 14.2. The van der Waals surface area contributed by atoms with Crippen molar-refractivity contribution in [1.29, 1.82) is 0 Å². The van der Waals surface area contributed by atoms with Crippen molar-refractivity contribution in [3.8, 4) is 0 Å². The van der Waals surface area contributed by atoms with Gasteiger partial charge < -0.3 is 0 Å². The van der Waals surface area contributed by atoms with Crippen LogP contribution in [0.3, 0.4) is 0 Å². The molecule has 3 fully saturated rings. The van der Waals surface area contributed by atoms with Crippen LogP contribution in [0.5, 0.6) is 0 Å². The molecule has 1 aliphatic heterocycles. The zero-order valence-corrected chi connectivity index (χ0v) is 34.0. The summed E-state index contributed by atoms with van der Waals surface area (Å²) in [5, 5.41) is 9.74. The van der Waals surface area contributed by atoms with Gasteiger partial charge in [-0.05, 0) is 97.2 Å². The van der Waals surface area contributed by atoms with Gasteiger partial charge in [-0.2, -0.15) is 0 Å². The summed E-state index contributed by atoms with van der Waals surface area (Å²) < 4.78 is -0.551. The summed E-state index contributed by atoms with van der Waals surface area (Å²) in [6.45, 7) is 0. The Bertz CT molecular complexity index is 1800. The summed E-state index contributed by atoms with van der Waals surface area (Å²) in [5.74, 6) is 1.93.